The second kappa shape index (κ2) is 7.99. The quantitative estimate of drug-likeness (QED) is 0.613. The highest BCUT2D eigenvalue weighted by Crippen LogP contribution is 2.29. The van der Waals surface area contributed by atoms with Gasteiger partial charge in [0, 0.05) is 18.0 Å². The van der Waals surface area contributed by atoms with Gasteiger partial charge in [-0.25, -0.2) is 13.1 Å². The Hall–Kier alpha value is -2.55. The Morgan fingerprint density at radius 3 is 2.59 bits per heavy atom. The molecule has 0 radical (unpaired) electrons. The van der Waals surface area contributed by atoms with E-state index < -0.39 is 16.1 Å². The highest BCUT2D eigenvalue weighted by atomic mass is 32.2. The maximum atomic E-state index is 12.6. The van der Waals surface area contributed by atoms with Gasteiger partial charge in [-0.2, -0.15) is 0 Å². The van der Waals surface area contributed by atoms with Crippen LogP contribution in [0.2, 0.25) is 0 Å². The minimum Gasteiger partial charge on any atom is -0.497 e. The number of ether oxygens (including phenoxy) is 2. The first-order chi connectivity index (χ1) is 12.9. The molecule has 7 nitrogen and oxygen atoms in total. The van der Waals surface area contributed by atoms with Crippen LogP contribution in [0.4, 0.5) is 0 Å². The van der Waals surface area contributed by atoms with E-state index in [2.05, 4.69) is 4.72 Å². The Kier molecular flexibility index (Phi) is 5.69. The second-order valence-electron chi connectivity index (χ2n) is 5.91. The summed E-state index contributed by atoms with van der Waals surface area (Å²) in [4.78, 5) is -0.0254. The number of hydrogen-bond donors (Lipinski definition) is 2. The third-order valence-electron chi connectivity index (χ3n) is 4.14. The summed E-state index contributed by atoms with van der Waals surface area (Å²) in [6, 6.07) is 13.7. The molecule has 0 aliphatic rings. The Morgan fingerprint density at radius 2 is 1.89 bits per heavy atom. The van der Waals surface area contributed by atoms with E-state index in [1.165, 1.54) is 26.4 Å². The fraction of sp³-hybridized carbons (Fsp3) is 0.263. The molecule has 0 aliphatic carbocycles. The minimum atomic E-state index is -3.83. The lowest BCUT2D eigenvalue weighted by Gasteiger charge is -2.13. The molecule has 0 amide bonds. The summed E-state index contributed by atoms with van der Waals surface area (Å²) in [5.74, 6) is 1.01. The third kappa shape index (κ3) is 4.24. The molecule has 2 aromatic carbocycles. The maximum Gasteiger partial charge on any atom is 0.244 e. The number of fused-ring (bicyclic) bond motifs is 1. The summed E-state index contributed by atoms with van der Waals surface area (Å²) in [5, 5.41) is 11.2. The molecule has 0 unspecified atom stereocenters. The lowest BCUT2D eigenvalue weighted by Crippen LogP contribution is -2.26. The summed E-state index contributed by atoms with van der Waals surface area (Å²) in [7, 11) is -0.986. The van der Waals surface area contributed by atoms with Crippen LogP contribution in [-0.4, -0.2) is 34.3 Å². The Bertz CT molecular complexity index is 995. The van der Waals surface area contributed by atoms with Crippen LogP contribution < -0.4 is 14.2 Å². The van der Waals surface area contributed by atoms with Gasteiger partial charge in [-0.1, -0.05) is 18.2 Å². The van der Waals surface area contributed by atoms with Crippen molar-refractivity contribution in [2.75, 3.05) is 20.8 Å². The summed E-state index contributed by atoms with van der Waals surface area (Å²) in [6.45, 7) is 0.0287. The zero-order chi connectivity index (χ0) is 19.4. The number of aliphatic hydroxyl groups excluding tert-OH is 1. The molecule has 2 N–H and O–H groups in total. The average Bonchev–Trinajstić information content (AvgIpc) is 3.11. The fourth-order valence-corrected chi connectivity index (χ4v) is 3.94. The van der Waals surface area contributed by atoms with Gasteiger partial charge < -0.3 is 19.0 Å². The average molecular weight is 391 g/mol. The van der Waals surface area contributed by atoms with Gasteiger partial charge in [-0.3, -0.25) is 0 Å². The molecule has 0 saturated carbocycles. The topological polar surface area (TPSA) is 98.0 Å². The lowest BCUT2D eigenvalue weighted by molar-refractivity contribution is 0.144. The van der Waals surface area contributed by atoms with Crippen molar-refractivity contribution in [3.63, 3.8) is 0 Å². The van der Waals surface area contributed by atoms with Gasteiger partial charge in [-0.15, -0.1) is 0 Å². The van der Waals surface area contributed by atoms with Gasteiger partial charge >= 0.3 is 0 Å². The van der Waals surface area contributed by atoms with Crippen molar-refractivity contribution in [1.29, 1.82) is 0 Å². The molecule has 0 spiro atoms. The summed E-state index contributed by atoms with van der Waals surface area (Å²) in [6.07, 6.45) is -0.766. The van der Waals surface area contributed by atoms with E-state index in [0.717, 1.165) is 5.39 Å². The van der Waals surface area contributed by atoms with Gasteiger partial charge in [0.25, 0.3) is 0 Å². The molecule has 8 heteroatoms. The Labute approximate surface area is 157 Å². The van der Waals surface area contributed by atoms with Crippen molar-refractivity contribution in [3.8, 4) is 11.5 Å². The number of hydrogen-bond acceptors (Lipinski definition) is 6. The molecule has 3 rings (SSSR count). The van der Waals surface area contributed by atoms with Crippen molar-refractivity contribution in [2.24, 2.45) is 0 Å². The number of rotatable bonds is 8. The van der Waals surface area contributed by atoms with E-state index in [9.17, 15) is 13.5 Å². The first-order valence-corrected chi connectivity index (χ1v) is 9.81. The predicted octanol–water partition coefficient (Wildman–Crippen LogP) is 2.85. The van der Waals surface area contributed by atoms with E-state index in [1.54, 1.807) is 12.1 Å². The van der Waals surface area contributed by atoms with E-state index >= 15 is 0 Å². The first kappa shape index (κ1) is 19.2. The number of aliphatic hydroxyl groups is 1. The van der Waals surface area contributed by atoms with Crippen molar-refractivity contribution >= 4 is 21.0 Å². The van der Waals surface area contributed by atoms with E-state index in [-0.39, 0.29) is 23.6 Å². The van der Waals surface area contributed by atoms with Crippen LogP contribution in [-0.2, 0) is 10.0 Å². The molecule has 0 fully saturated rings. The number of methoxy groups -OCH3 is 2. The minimum absolute atomic E-state index is 0.0254. The summed E-state index contributed by atoms with van der Waals surface area (Å²) < 4.78 is 43.4. The summed E-state index contributed by atoms with van der Waals surface area (Å²) in [5.41, 5.74) is 0.674. The van der Waals surface area contributed by atoms with Crippen molar-refractivity contribution in [2.45, 2.75) is 17.4 Å². The van der Waals surface area contributed by atoms with E-state index in [4.69, 9.17) is 13.9 Å². The SMILES string of the molecule is COc1ccc(OC)c(S(=O)(=O)NCC[C@@H](O)c2cc3ccccc3o2)c1. The van der Waals surface area contributed by atoms with Crippen molar-refractivity contribution < 1.29 is 27.4 Å². The summed E-state index contributed by atoms with van der Waals surface area (Å²) >= 11 is 0. The molecule has 3 aromatic rings. The van der Waals surface area contributed by atoms with Crippen LogP contribution >= 0.6 is 0 Å². The van der Waals surface area contributed by atoms with Crippen LogP contribution in [0.3, 0.4) is 0 Å². The van der Waals surface area contributed by atoms with Gasteiger partial charge in [0.2, 0.25) is 10.0 Å². The molecule has 1 atom stereocenters. The van der Waals surface area contributed by atoms with Gasteiger partial charge in [0.15, 0.2) is 0 Å². The second-order valence-corrected chi connectivity index (χ2v) is 7.64. The van der Waals surface area contributed by atoms with E-state index in [0.29, 0.717) is 17.1 Å². The van der Waals surface area contributed by atoms with Gasteiger partial charge in [0.1, 0.15) is 33.8 Å². The Morgan fingerprint density at radius 1 is 1.11 bits per heavy atom. The molecule has 27 heavy (non-hydrogen) atoms. The molecule has 0 aliphatic heterocycles. The van der Waals surface area contributed by atoms with Gasteiger partial charge in [-0.05, 0) is 30.7 Å². The highest BCUT2D eigenvalue weighted by molar-refractivity contribution is 7.89. The van der Waals surface area contributed by atoms with Crippen molar-refractivity contribution in [1.82, 2.24) is 4.72 Å². The van der Waals surface area contributed by atoms with E-state index in [1.807, 2.05) is 24.3 Å². The van der Waals surface area contributed by atoms with Gasteiger partial charge in [0.05, 0.1) is 14.2 Å². The Balaban J connectivity index is 1.68. The zero-order valence-corrected chi connectivity index (χ0v) is 15.8. The fourth-order valence-electron chi connectivity index (χ4n) is 2.71. The number of furan rings is 1. The largest absolute Gasteiger partial charge is 0.497 e. The number of para-hydroxylation sites is 1. The monoisotopic (exact) mass is 391 g/mol. The molecule has 1 aromatic heterocycles. The van der Waals surface area contributed by atoms with Crippen LogP contribution in [0.15, 0.2) is 57.8 Å². The first-order valence-electron chi connectivity index (χ1n) is 8.33. The third-order valence-corrected chi connectivity index (χ3v) is 5.63. The number of benzene rings is 2. The van der Waals surface area contributed by atoms with Crippen molar-refractivity contribution in [3.05, 3.63) is 54.3 Å². The van der Waals surface area contributed by atoms with Crippen LogP contribution in [0.25, 0.3) is 11.0 Å². The highest BCUT2D eigenvalue weighted by Gasteiger charge is 2.21. The number of nitrogens with one attached hydrogen (secondary N) is 1. The predicted molar refractivity (Wildman–Crippen MR) is 101 cm³/mol. The molecular weight excluding hydrogens is 370 g/mol. The maximum absolute atomic E-state index is 12.6. The molecule has 0 saturated heterocycles. The lowest BCUT2D eigenvalue weighted by atomic mass is 10.2. The molecule has 1 heterocycles. The normalized spacial score (nSPS) is 12.9. The smallest absolute Gasteiger partial charge is 0.244 e. The zero-order valence-electron chi connectivity index (χ0n) is 15.0. The molecular formula is C19H21NO6S. The molecule has 144 valence electrons. The van der Waals surface area contributed by atoms with Crippen LogP contribution in [0.5, 0.6) is 11.5 Å². The van der Waals surface area contributed by atoms with Crippen LogP contribution in [0.1, 0.15) is 18.3 Å². The standard InChI is InChI=1S/C19H21NO6S/c1-24-14-7-8-17(25-2)19(12-14)27(22,23)20-10-9-15(21)18-11-13-5-3-4-6-16(13)26-18/h3-8,11-12,15,20-21H,9-10H2,1-2H3/t15-/m1/s1. The number of sulfonamides is 1. The molecule has 0 bridgehead atoms. The van der Waals surface area contributed by atoms with Crippen LogP contribution in [0, 0.1) is 0 Å².